The molecule has 9 aliphatic carbocycles. The molecular formula is C116H242O14. The Kier molecular flexibility index (Phi) is 75.2. The van der Waals surface area contributed by atoms with Gasteiger partial charge in [-0.1, -0.05) is 249 Å². The van der Waals surface area contributed by atoms with Crippen molar-refractivity contribution >= 4 is 41.8 Å². The standard InChI is InChI=1S/C20H36O2.C15H28O2.C14H24O2.2C14H26O2.C13H24O2.C12H22O2.14CH4/c1-5-19(2,3)18(21)22-20(4,16-12-8-6-9-13-16)17-14-10-7-11-15-17;1-6-14(2,3)13(16)17-15(4,5)12-10-8-7-9-11-12;1-6-12(2,3)11(15)16-14(5)9-10-7-8-13(10,14)4;1-6-13(2,3)12(15)16-14(4,5)11-9-7-8-10-11;1-5-13(2,3)12(15)16-14(4)10-8-6-7-9-11-14;1-5-12(2,3)11(14)15-13(4)9-7-6-8-10-13;1-5-11(2,3)10(13)14-12(4)8-6-7-9-12;;;;;;;;;;;;;;/h16-17H,5-15H2,1-4H3;12H,6-11H2,1-5H3;10H,6-9H2,1-5H3;11H,6-10H2,1-5H3;5-11H2,1-4H3;5-10H2,1-4H3;5-9H2,1-4H3;14*1H4. The fourth-order valence-electron chi connectivity index (χ4n) is 17.7. The Morgan fingerprint density at radius 2 is 0.415 bits per heavy atom. The van der Waals surface area contributed by atoms with Gasteiger partial charge in [-0.05, 0) is 381 Å². The van der Waals surface area contributed by atoms with E-state index in [0.717, 1.165) is 95.8 Å². The van der Waals surface area contributed by atoms with Crippen LogP contribution >= 0.6 is 0 Å². The first-order valence-corrected chi connectivity index (χ1v) is 48.1. The highest BCUT2D eigenvalue weighted by Gasteiger charge is 2.67. The van der Waals surface area contributed by atoms with Crippen LogP contribution in [0.3, 0.4) is 0 Å². The topological polar surface area (TPSA) is 184 Å². The highest BCUT2D eigenvalue weighted by molar-refractivity contribution is 5.79. The minimum Gasteiger partial charge on any atom is -0.459 e. The van der Waals surface area contributed by atoms with E-state index in [2.05, 4.69) is 76.2 Å². The minimum atomic E-state index is -0.357. The average molecular weight is 1860 g/mol. The Balaban J connectivity index is -0.000000123. The quantitative estimate of drug-likeness (QED) is 0.0478. The molecule has 9 rings (SSSR count). The van der Waals surface area contributed by atoms with Crippen molar-refractivity contribution in [1.29, 1.82) is 0 Å². The Morgan fingerprint density at radius 1 is 0.231 bits per heavy atom. The molecule has 0 N–H and O–H groups in total. The van der Waals surface area contributed by atoms with E-state index in [1.54, 1.807) is 0 Å². The third-order valence-electron chi connectivity index (χ3n) is 31.7. The van der Waals surface area contributed by atoms with E-state index >= 15 is 0 Å². The van der Waals surface area contributed by atoms with Crippen LogP contribution in [0.1, 0.15) is 601 Å². The van der Waals surface area contributed by atoms with Gasteiger partial charge in [-0.3, -0.25) is 33.6 Å². The first kappa shape index (κ1) is 152. The number of ether oxygens (including phenoxy) is 7. The van der Waals surface area contributed by atoms with E-state index in [-0.39, 0.29) is 228 Å². The SMILES string of the molecule is C.C.C.C.C.C.C.C.C.C.C.C.C.C.CCC(C)(C)C(=O)OC(C)(C)C1CCCC1.CCC(C)(C)C(=O)OC(C)(C)C1CCCCC1.CCC(C)(C)C(=O)OC(C)(C1CCCCC1)C1CCCCC1.CCC(C)(C)C(=O)OC1(C)CC2CCC21C.CCC(C)(C)C(=O)OC1(C)CCCC1.CCC(C)(C)C(=O)OC1(C)CCCCC1.CCC(C)(C)C(=O)OC1(C)CCCCCC1. The van der Waals surface area contributed by atoms with Crippen molar-refractivity contribution < 1.29 is 66.7 Å². The van der Waals surface area contributed by atoms with Crippen LogP contribution in [0, 0.1) is 72.9 Å². The maximum atomic E-state index is 12.8. The van der Waals surface area contributed by atoms with Crippen molar-refractivity contribution in [3.05, 3.63) is 0 Å². The summed E-state index contributed by atoms with van der Waals surface area (Å²) in [6, 6.07) is 0. The first-order chi connectivity index (χ1) is 53.4. The monoisotopic (exact) mass is 1860 g/mol. The molecule has 0 bridgehead atoms. The fourth-order valence-corrected chi connectivity index (χ4v) is 17.7. The maximum absolute atomic E-state index is 12.8. The summed E-state index contributed by atoms with van der Waals surface area (Å²) in [5, 5.41) is 0. The molecule has 0 radical (unpaired) electrons. The number of hydrogen-bond acceptors (Lipinski definition) is 14. The lowest BCUT2D eigenvalue weighted by Crippen LogP contribution is -2.68. The van der Waals surface area contributed by atoms with Gasteiger partial charge in [0.2, 0.25) is 0 Å². The molecule has 0 aromatic rings. The first-order valence-electron chi connectivity index (χ1n) is 48.1. The number of rotatable bonds is 25. The zero-order valence-corrected chi connectivity index (χ0v) is 81.7. The largest absolute Gasteiger partial charge is 0.459 e. The Hall–Kier alpha value is -3.71. The Bertz CT molecular complexity index is 2920. The third-order valence-corrected chi connectivity index (χ3v) is 31.7. The summed E-state index contributed by atoms with van der Waals surface area (Å²) < 4.78 is 40.8. The predicted molar refractivity (Wildman–Crippen MR) is 572 cm³/mol. The van der Waals surface area contributed by atoms with Gasteiger partial charge in [-0.25, -0.2) is 0 Å². The lowest BCUT2D eigenvalue weighted by molar-refractivity contribution is -0.265. The second-order valence-corrected chi connectivity index (χ2v) is 44.9. The van der Waals surface area contributed by atoms with E-state index in [4.69, 9.17) is 33.2 Å². The summed E-state index contributed by atoms with van der Waals surface area (Å²) in [4.78, 5) is 84.9. The van der Waals surface area contributed by atoms with E-state index in [0.29, 0.717) is 23.7 Å². The molecule has 790 valence electrons. The molecule has 9 aliphatic rings. The molecule has 0 saturated heterocycles. The summed E-state index contributed by atoms with van der Waals surface area (Å²) in [6.45, 7) is 63.1. The van der Waals surface area contributed by atoms with Crippen molar-refractivity contribution in [2.45, 2.75) is 640 Å². The number of carbonyl (C=O) groups is 7. The normalized spacial score (nSPS) is 21.1. The second kappa shape index (κ2) is 64.5. The maximum Gasteiger partial charge on any atom is 0.312 e. The summed E-state index contributed by atoms with van der Waals surface area (Å²) in [5.41, 5.74) is -3.73. The Labute approximate surface area is 817 Å². The molecule has 0 aromatic carbocycles. The van der Waals surface area contributed by atoms with Gasteiger partial charge in [0, 0.05) is 5.41 Å². The molecule has 0 aromatic heterocycles. The second-order valence-electron chi connectivity index (χ2n) is 44.9. The van der Waals surface area contributed by atoms with Gasteiger partial charge >= 0.3 is 41.8 Å². The zero-order chi connectivity index (χ0) is 88.5. The zero-order valence-electron chi connectivity index (χ0n) is 81.7. The number of hydrogen-bond donors (Lipinski definition) is 0. The van der Waals surface area contributed by atoms with Crippen molar-refractivity contribution in [1.82, 2.24) is 0 Å². The highest BCUT2D eigenvalue weighted by Crippen LogP contribution is 2.68. The molecule has 0 aliphatic heterocycles. The predicted octanol–water partition coefficient (Wildman–Crippen LogP) is 37.7. The van der Waals surface area contributed by atoms with Crippen molar-refractivity contribution in [2.24, 2.45) is 72.9 Å². The molecule has 14 heteroatoms. The van der Waals surface area contributed by atoms with Gasteiger partial charge in [-0.15, -0.1) is 0 Å². The summed E-state index contributed by atoms with van der Waals surface area (Å²) >= 11 is 0. The molecule has 0 spiro atoms. The van der Waals surface area contributed by atoms with E-state index in [1.807, 2.05) is 138 Å². The van der Waals surface area contributed by atoms with Crippen LogP contribution in [-0.2, 0) is 66.7 Å². The third kappa shape index (κ3) is 44.8. The van der Waals surface area contributed by atoms with E-state index in [1.165, 1.54) is 193 Å². The van der Waals surface area contributed by atoms with Crippen LogP contribution in [0.4, 0.5) is 0 Å². The molecule has 0 amide bonds. The van der Waals surface area contributed by atoms with Crippen molar-refractivity contribution in [3.8, 4) is 0 Å². The van der Waals surface area contributed by atoms with Crippen LogP contribution < -0.4 is 0 Å². The summed E-state index contributed by atoms with van der Waals surface area (Å²) in [5.74, 6) is 2.83. The van der Waals surface area contributed by atoms with Crippen LogP contribution in [0.2, 0.25) is 0 Å². The molecule has 3 atom stereocenters. The molecule has 9 fully saturated rings. The molecule has 0 heterocycles. The molecule has 3 unspecified atom stereocenters. The van der Waals surface area contributed by atoms with Gasteiger partial charge in [0.05, 0.1) is 37.9 Å². The van der Waals surface area contributed by atoms with Gasteiger partial charge in [-0.2, -0.15) is 0 Å². The number of fused-ring (bicyclic) bond motifs is 1. The van der Waals surface area contributed by atoms with Crippen molar-refractivity contribution in [2.75, 3.05) is 0 Å². The summed E-state index contributed by atoms with van der Waals surface area (Å²) in [6.07, 6.45) is 50.8. The average Bonchev–Trinajstić information content (AvgIpc) is 0.847. The lowest BCUT2D eigenvalue weighted by atomic mass is 9.41. The molecule has 9 saturated carbocycles. The smallest absolute Gasteiger partial charge is 0.312 e. The van der Waals surface area contributed by atoms with Gasteiger partial charge in [0.15, 0.2) is 0 Å². The van der Waals surface area contributed by atoms with Gasteiger partial charge in [0.1, 0.15) is 39.2 Å². The minimum absolute atomic E-state index is 0. The Morgan fingerprint density at radius 3 is 0.623 bits per heavy atom. The molecule has 130 heavy (non-hydrogen) atoms. The lowest BCUT2D eigenvalue weighted by Gasteiger charge is -2.67. The van der Waals surface area contributed by atoms with E-state index in [9.17, 15) is 33.6 Å². The van der Waals surface area contributed by atoms with Crippen LogP contribution in [0.5, 0.6) is 0 Å². The number of carbonyl (C=O) groups excluding carboxylic acids is 7. The van der Waals surface area contributed by atoms with Gasteiger partial charge < -0.3 is 33.2 Å². The van der Waals surface area contributed by atoms with Crippen LogP contribution in [0.15, 0.2) is 0 Å². The highest BCUT2D eigenvalue weighted by atomic mass is 16.6. The fraction of sp³-hybridized carbons (Fsp3) is 0.940. The van der Waals surface area contributed by atoms with Crippen molar-refractivity contribution in [3.63, 3.8) is 0 Å². The van der Waals surface area contributed by atoms with Crippen LogP contribution in [-0.4, -0.2) is 81.0 Å². The van der Waals surface area contributed by atoms with Crippen LogP contribution in [0.25, 0.3) is 0 Å². The van der Waals surface area contributed by atoms with E-state index < -0.39 is 0 Å². The number of esters is 7. The molecule has 14 nitrogen and oxygen atoms in total. The summed E-state index contributed by atoms with van der Waals surface area (Å²) in [7, 11) is 0. The van der Waals surface area contributed by atoms with Gasteiger partial charge in [0.25, 0.3) is 0 Å². The molecular weight excluding hydrogens is 1620 g/mol.